The van der Waals surface area contributed by atoms with Gasteiger partial charge >= 0.3 is 5.69 Å². The summed E-state index contributed by atoms with van der Waals surface area (Å²) in [5.41, 5.74) is -0.787. The highest BCUT2D eigenvalue weighted by molar-refractivity contribution is 4.91. The smallest absolute Gasteiger partial charge is 0.295 e. The Morgan fingerprint density at radius 1 is 0.955 bits per heavy atom. The van der Waals surface area contributed by atoms with Gasteiger partial charge in [-0.3, -0.25) is 14.3 Å². The van der Waals surface area contributed by atoms with Crippen LogP contribution in [0.3, 0.4) is 0 Å². The maximum Gasteiger partial charge on any atom is 0.328 e. The molecule has 4 nitrogen and oxygen atoms in total. The number of unbranched alkanes of at least 4 members (excludes halogenated alkanes) is 6. The summed E-state index contributed by atoms with van der Waals surface area (Å²) in [6.45, 7) is 6.57. The molecule has 126 valence electrons. The van der Waals surface area contributed by atoms with E-state index in [1.165, 1.54) is 44.6 Å². The first-order valence-corrected chi connectivity index (χ1v) is 8.86. The number of nitrogens with one attached hydrogen (secondary N) is 1. The van der Waals surface area contributed by atoms with Crippen LogP contribution in [-0.2, 0) is 5.54 Å². The maximum atomic E-state index is 12.2. The fourth-order valence-electron chi connectivity index (χ4n) is 3.07. The van der Waals surface area contributed by atoms with Crippen LogP contribution in [0.5, 0.6) is 0 Å². The number of aromatic nitrogens is 2. The van der Waals surface area contributed by atoms with Crippen molar-refractivity contribution in [1.29, 1.82) is 0 Å². The van der Waals surface area contributed by atoms with Crippen LogP contribution in [0, 0.1) is 0 Å². The van der Waals surface area contributed by atoms with Gasteiger partial charge in [-0.2, -0.15) is 0 Å². The molecule has 1 N–H and O–H groups in total. The normalized spacial score (nSPS) is 11.8. The highest BCUT2D eigenvalue weighted by Crippen LogP contribution is 2.28. The molecule has 0 saturated heterocycles. The van der Waals surface area contributed by atoms with E-state index >= 15 is 0 Å². The van der Waals surface area contributed by atoms with E-state index in [2.05, 4.69) is 25.8 Å². The van der Waals surface area contributed by atoms with E-state index in [4.69, 9.17) is 0 Å². The summed E-state index contributed by atoms with van der Waals surface area (Å²) in [6, 6.07) is 1.46. The van der Waals surface area contributed by atoms with Crippen LogP contribution >= 0.6 is 0 Å². The van der Waals surface area contributed by atoms with Crippen molar-refractivity contribution in [1.82, 2.24) is 9.55 Å². The first-order chi connectivity index (χ1) is 10.5. The van der Waals surface area contributed by atoms with E-state index in [-0.39, 0.29) is 16.8 Å². The van der Waals surface area contributed by atoms with E-state index < -0.39 is 0 Å². The Kier molecular flexibility index (Phi) is 8.21. The number of H-pyrrole nitrogens is 1. The summed E-state index contributed by atoms with van der Waals surface area (Å²) in [5, 5.41) is 0. The summed E-state index contributed by atoms with van der Waals surface area (Å²) in [5.74, 6) is 0. The van der Waals surface area contributed by atoms with E-state index in [0.717, 1.165) is 25.7 Å². The molecule has 0 aliphatic rings. The Hall–Kier alpha value is -1.32. The van der Waals surface area contributed by atoms with Crippen molar-refractivity contribution in [2.75, 3.05) is 0 Å². The van der Waals surface area contributed by atoms with E-state index in [9.17, 15) is 9.59 Å². The fraction of sp³-hybridized carbons (Fsp3) is 0.778. The molecule has 0 atom stereocenters. The minimum absolute atomic E-state index is 0.192. The second-order valence-corrected chi connectivity index (χ2v) is 6.60. The number of aromatic amines is 1. The van der Waals surface area contributed by atoms with Crippen molar-refractivity contribution in [2.45, 2.75) is 90.5 Å². The van der Waals surface area contributed by atoms with Gasteiger partial charge in [0.15, 0.2) is 0 Å². The Morgan fingerprint density at radius 3 is 1.95 bits per heavy atom. The van der Waals surface area contributed by atoms with Gasteiger partial charge in [0.05, 0.1) is 0 Å². The molecule has 4 heteroatoms. The topological polar surface area (TPSA) is 54.9 Å². The monoisotopic (exact) mass is 308 g/mol. The molecule has 0 radical (unpaired) electrons. The summed E-state index contributed by atoms with van der Waals surface area (Å²) in [6.07, 6.45) is 13.2. The third-order valence-electron chi connectivity index (χ3n) is 4.54. The lowest BCUT2D eigenvalue weighted by molar-refractivity contribution is 0.240. The lowest BCUT2D eigenvalue weighted by Crippen LogP contribution is -2.41. The molecule has 0 fully saturated rings. The lowest BCUT2D eigenvalue weighted by atomic mass is 9.87. The van der Waals surface area contributed by atoms with Crippen molar-refractivity contribution in [2.24, 2.45) is 0 Å². The first-order valence-electron chi connectivity index (χ1n) is 8.86. The standard InChI is InChI=1S/C18H32N2O2/c1-4-6-8-10-13-18(3,14-11-9-7-5-2)20-15-12-16(21)19-17(20)22/h12,15H,4-11,13-14H2,1-3H3,(H,19,21,22). The molecule has 0 aliphatic heterocycles. The molecular weight excluding hydrogens is 276 g/mol. The van der Waals surface area contributed by atoms with Gasteiger partial charge < -0.3 is 0 Å². The van der Waals surface area contributed by atoms with Gasteiger partial charge in [0.1, 0.15) is 0 Å². The third-order valence-corrected chi connectivity index (χ3v) is 4.54. The predicted octanol–water partition coefficient (Wildman–Crippen LogP) is 4.19. The molecule has 0 saturated carbocycles. The van der Waals surface area contributed by atoms with Gasteiger partial charge in [0, 0.05) is 17.8 Å². The third kappa shape index (κ3) is 5.82. The molecule has 0 bridgehead atoms. The van der Waals surface area contributed by atoms with Gasteiger partial charge in [-0.05, 0) is 19.8 Å². The maximum absolute atomic E-state index is 12.2. The van der Waals surface area contributed by atoms with Crippen molar-refractivity contribution in [3.8, 4) is 0 Å². The van der Waals surface area contributed by atoms with Crippen LogP contribution in [0.2, 0.25) is 0 Å². The average molecular weight is 308 g/mol. The Bertz CT molecular complexity index is 518. The minimum atomic E-state index is -0.319. The molecule has 22 heavy (non-hydrogen) atoms. The van der Waals surface area contributed by atoms with Crippen LogP contribution in [0.4, 0.5) is 0 Å². The minimum Gasteiger partial charge on any atom is -0.295 e. The number of hydrogen-bond acceptors (Lipinski definition) is 2. The zero-order valence-electron chi connectivity index (χ0n) is 14.5. The molecule has 1 heterocycles. The number of rotatable bonds is 11. The van der Waals surface area contributed by atoms with Crippen LogP contribution in [0.15, 0.2) is 21.9 Å². The molecule has 1 aromatic heterocycles. The predicted molar refractivity (Wildman–Crippen MR) is 92.5 cm³/mol. The van der Waals surface area contributed by atoms with Gasteiger partial charge in [-0.1, -0.05) is 65.2 Å². The van der Waals surface area contributed by atoms with Crippen molar-refractivity contribution in [3.63, 3.8) is 0 Å². The highest BCUT2D eigenvalue weighted by atomic mass is 16.2. The summed E-state index contributed by atoms with van der Waals surface area (Å²) in [4.78, 5) is 25.9. The van der Waals surface area contributed by atoms with Gasteiger partial charge in [-0.15, -0.1) is 0 Å². The van der Waals surface area contributed by atoms with Crippen molar-refractivity contribution < 1.29 is 0 Å². The van der Waals surface area contributed by atoms with Crippen LogP contribution < -0.4 is 11.2 Å². The zero-order valence-corrected chi connectivity index (χ0v) is 14.5. The van der Waals surface area contributed by atoms with Crippen LogP contribution in [0.1, 0.15) is 85.0 Å². The highest BCUT2D eigenvalue weighted by Gasteiger charge is 2.26. The lowest BCUT2D eigenvalue weighted by Gasteiger charge is -2.32. The summed E-state index contributed by atoms with van der Waals surface area (Å²) in [7, 11) is 0. The van der Waals surface area contributed by atoms with E-state index in [1.54, 1.807) is 10.8 Å². The van der Waals surface area contributed by atoms with Gasteiger partial charge in [0.25, 0.3) is 5.56 Å². The summed E-state index contributed by atoms with van der Waals surface area (Å²) >= 11 is 0. The Morgan fingerprint density at radius 2 is 1.50 bits per heavy atom. The number of nitrogens with zero attached hydrogens (tertiary/aromatic N) is 1. The van der Waals surface area contributed by atoms with E-state index in [1.807, 2.05) is 0 Å². The summed E-state index contributed by atoms with van der Waals surface area (Å²) < 4.78 is 1.74. The van der Waals surface area contributed by atoms with Crippen LogP contribution in [0.25, 0.3) is 0 Å². The van der Waals surface area contributed by atoms with Gasteiger partial charge in [0.2, 0.25) is 0 Å². The first kappa shape index (κ1) is 18.7. The average Bonchev–Trinajstić information content (AvgIpc) is 2.48. The zero-order chi connectivity index (χ0) is 16.4. The molecule has 0 aliphatic carbocycles. The molecule has 1 rings (SSSR count). The largest absolute Gasteiger partial charge is 0.328 e. The quantitative estimate of drug-likeness (QED) is 0.623. The van der Waals surface area contributed by atoms with Crippen LogP contribution in [-0.4, -0.2) is 9.55 Å². The second kappa shape index (κ2) is 9.65. The van der Waals surface area contributed by atoms with Crippen molar-refractivity contribution in [3.05, 3.63) is 33.1 Å². The van der Waals surface area contributed by atoms with Crippen molar-refractivity contribution >= 4 is 0 Å². The van der Waals surface area contributed by atoms with Gasteiger partial charge in [-0.25, -0.2) is 4.79 Å². The fourth-order valence-corrected chi connectivity index (χ4v) is 3.07. The SMILES string of the molecule is CCCCCCC(C)(CCCCCC)n1ccc(=O)[nH]c1=O. The molecular formula is C18H32N2O2. The number of hydrogen-bond donors (Lipinski definition) is 1. The van der Waals surface area contributed by atoms with E-state index in [0.29, 0.717) is 0 Å². The second-order valence-electron chi connectivity index (χ2n) is 6.60. The molecule has 0 amide bonds. The Labute approximate surface area is 134 Å². The molecule has 1 aromatic rings. The Balaban J connectivity index is 2.83. The molecule has 0 unspecified atom stereocenters. The molecule has 0 spiro atoms. The molecule has 0 aromatic carbocycles.